The second kappa shape index (κ2) is 16.6. The van der Waals surface area contributed by atoms with E-state index in [9.17, 15) is 0 Å². The number of nitrogens with zero attached hydrogens (tertiary/aromatic N) is 2. The maximum atomic E-state index is 2.40. The Kier molecular flexibility index (Phi) is 9.69. The van der Waals surface area contributed by atoms with Gasteiger partial charge in [-0.2, -0.15) is 0 Å². The van der Waals surface area contributed by atoms with E-state index in [2.05, 4.69) is 292 Å². The number of para-hydroxylation sites is 2. The highest BCUT2D eigenvalue weighted by molar-refractivity contribution is 6.21. The third-order valence-corrected chi connectivity index (χ3v) is 17.1. The summed E-state index contributed by atoms with van der Waals surface area (Å²) in [6.07, 6.45) is 0. The average Bonchev–Trinajstić information content (AvgIpc) is 4.08. The molecule has 2 aliphatic carbocycles. The molecule has 0 spiro atoms. The predicted molar refractivity (Wildman–Crippen MR) is 324 cm³/mol. The summed E-state index contributed by atoms with van der Waals surface area (Å²) in [6, 6.07) is 94.7. The zero-order valence-corrected chi connectivity index (χ0v) is 43.1. The summed E-state index contributed by atoms with van der Waals surface area (Å²) in [4.78, 5) is 4.73. The second-order valence-electron chi connectivity index (χ2n) is 22.1. The lowest BCUT2D eigenvalue weighted by Gasteiger charge is -2.26. The van der Waals surface area contributed by atoms with Gasteiger partial charge in [0, 0.05) is 45.0 Å². The van der Waals surface area contributed by atoms with Crippen LogP contribution in [0.15, 0.2) is 255 Å². The molecule has 0 radical (unpaired) electrons. The molecule has 2 heteroatoms. The molecular formula is C74H54N2. The van der Waals surface area contributed by atoms with Crippen molar-refractivity contribution in [2.24, 2.45) is 0 Å². The van der Waals surface area contributed by atoms with Crippen LogP contribution in [0.1, 0.15) is 49.9 Å². The summed E-state index contributed by atoms with van der Waals surface area (Å²) in [6.45, 7) is 9.46. The summed E-state index contributed by atoms with van der Waals surface area (Å²) in [5, 5.41) is 13.3. The third-order valence-electron chi connectivity index (χ3n) is 17.1. The van der Waals surface area contributed by atoms with Crippen LogP contribution < -0.4 is 9.80 Å². The lowest BCUT2D eigenvalue weighted by atomic mass is 9.82. The molecule has 0 saturated heterocycles. The average molecular weight is 971 g/mol. The largest absolute Gasteiger partial charge is 0.311 e. The van der Waals surface area contributed by atoms with Crippen molar-refractivity contribution in [3.05, 3.63) is 277 Å². The van der Waals surface area contributed by atoms with E-state index >= 15 is 0 Å². The van der Waals surface area contributed by atoms with Crippen molar-refractivity contribution < 1.29 is 0 Å². The molecule has 0 atom stereocenters. The standard InChI is InChI=1S/C74H54N2/c1-73(2)65-23-11-15-53-45-63(61-21-13-25-67(73)71(61)69(53)65)48-31-38-58(39-32-48)75(55-17-7-5-8-18-55)57-36-29-47(30-37-57)50-27-28-52-44-60(42-35-51(52)43-50)76(56-19-9-6-10-20-56)59-40-33-49(34-41-59)64-46-54-16-12-24-66-70(54)72-62(64)22-14-26-68(72)74(66,3)4/h5-46H,1-4H3. The Labute approximate surface area is 444 Å². The van der Waals surface area contributed by atoms with E-state index in [1.165, 1.54) is 109 Å². The summed E-state index contributed by atoms with van der Waals surface area (Å²) in [7, 11) is 0. The molecule has 0 aromatic heterocycles. The van der Waals surface area contributed by atoms with Gasteiger partial charge in [0.2, 0.25) is 0 Å². The van der Waals surface area contributed by atoms with Crippen LogP contribution in [-0.4, -0.2) is 0 Å². The molecule has 76 heavy (non-hydrogen) atoms. The van der Waals surface area contributed by atoms with Crippen molar-refractivity contribution in [3.63, 3.8) is 0 Å². The Morgan fingerprint density at radius 2 is 0.592 bits per heavy atom. The zero-order valence-electron chi connectivity index (χ0n) is 43.1. The summed E-state index contributed by atoms with van der Waals surface area (Å²) < 4.78 is 0. The van der Waals surface area contributed by atoms with Crippen molar-refractivity contribution in [3.8, 4) is 33.4 Å². The first-order valence-corrected chi connectivity index (χ1v) is 26.7. The molecule has 0 bridgehead atoms. The van der Waals surface area contributed by atoms with Crippen molar-refractivity contribution >= 4 is 88.0 Å². The summed E-state index contributed by atoms with van der Waals surface area (Å²) in [5.74, 6) is 0. The highest BCUT2D eigenvalue weighted by Crippen LogP contribution is 2.53. The van der Waals surface area contributed by atoms with E-state index in [4.69, 9.17) is 0 Å². The Morgan fingerprint density at radius 3 is 1.07 bits per heavy atom. The molecule has 15 rings (SSSR count). The molecule has 0 amide bonds. The molecule has 2 nitrogen and oxygen atoms in total. The fourth-order valence-electron chi connectivity index (χ4n) is 13.3. The van der Waals surface area contributed by atoms with Crippen LogP contribution in [0.2, 0.25) is 0 Å². The van der Waals surface area contributed by atoms with Gasteiger partial charge in [0.05, 0.1) is 0 Å². The minimum absolute atomic E-state index is 0.0230. The van der Waals surface area contributed by atoms with Gasteiger partial charge in [-0.05, 0) is 200 Å². The number of fused-ring (bicyclic) bond motifs is 1. The number of rotatable bonds is 9. The summed E-state index contributed by atoms with van der Waals surface area (Å²) >= 11 is 0. The zero-order chi connectivity index (χ0) is 50.9. The van der Waals surface area contributed by atoms with Crippen LogP contribution in [0.3, 0.4) is 0 Å². The first-order valence-electron chi connectivity index (χ1n) is 26.7. The molecule has 0 saturated carbocycles. The highest BCUT2D eigenvalue weighted by atomic mass is 15.1. The van der Waals surface area contributed by atoms with Crippen LogP contribution in [0, 0.1) is 0 Å². The SMILES string of the molecule is CC1(C)c2cccc3cc(-c4ccc(N(c5ccccc5)c5ccc(-c6ccc7cc(N(c8ccccc8)c8ccc(-c9cc%10cccc%11c%10c%10c(cccc9%10)C%11(C)C)cc8)ccc7c6)cc5)cc4)c4cccc1c4c23. The minimum atomic E-state index is -0.0239. The topological polar surface area (TPSA) is 6.48 Å². The third kappa shape index (κ3) is 6.66. The first kappa shape index (κ1) is 44.3. The Bertz CT molecular complexity index is 4470. The molecule has 360 valence electrons. The van der Waals surface area contributed by atoms with Gasteiger partial charge in [-0.25, -0.2) is 0 Å². The van der Waals surface area contributed by atoms with Crippen LogP contribution in [0.4, 0.5) is 34.1 Å². The smallest absolute Gasteiger partial charge is 0.0468 e. The van der Waals surface area contributed by atoms with Gasteiger partial charge in [0.15, 0.2) is 0 Å². The van der Waals surface area contributed by atoms with Crippen molar-refractivity contribution in [2.45, 2.75) is 38.5 Å². The van der Waals surface area contributed by atoms with Gasteiger partial charge >= 0.3 is 0 Å². The Morgan fingerprint density at radius 1 is 0.237 bits per heavy atom. The second-order valence-corrected chi connectivity index (χ2v) is 22.1. The van der Waals surface area contributed by atoms with Crippen LogP contribution in [-0.2, 0) is 10.8 Å². The van der Waals surface area contributed by atoms with Crippen molar-refractivity contribution in [1.82, 2.24) is 0 Å². The molecule has 0 fully saturated rings. The predicted octanol–water partition coefficient (Wildman–Crippen LogP) is 20.7. The number of benzene rings is 13. The van der Waals surface area contributed by atoms with Gasteiger partial charge in [0.25, 0.3) is 0 Å². The van der Waals surface area contributed by atoms with Crippen LogP contribution >= 0.6 is 0 Å². The monoisotopic (exact) mass is 970 g/mol. The number of hydrogen-bond donors (Lipinski definition) is 0. The molecule has 13 aromatic carbocycles. The maximum Gasteiger partial charge on any atom is 0.0468 e. The molecule has 13 aromatic rings. The van der Waals surface area contributed by atoms with Gasteiger partial charge < -0.3 is 9.80 Å². The molecular weight excluding hydrogens is 917 g/mol. The van der Waals surface area contributed by atoms with E-state index < -0.39 is 0 Å². The fourth-order valence-corrected chi connectivity index (χ4v) is 13.3. The summed E-state index contributed by atoms with van der Waals surface area (Å²) in [5.41, 5.74) is 19.7. The highest BCUT2D eigenvalue weighted by Gasteiger charge is 2.36. The Balaban J connectivity index is 0.734. The normalized spacial score (nSPS) is 13.7. The van der Waals surface area contributed by atoms with Gasteiger partial charge in [-0.1, -0.05) is 191 Å². The molecule has 2 aliphatic rings. The molecule has 0 aliphatic heterocycles. The van der Waals surface area contributed by atoms with Gasteiger partial charge in [-0.3, -0.25) is 0 Å². The lowest BCUT2D eigenvalue weighted by molar-refractivity contribution is 0.662. The van der Waals surface area contributed by atoms with Crippen molar-refractivity contribution in [2.75, 3.05) is 9.80 Å². The van der Waals surface area contributed by atoms with E-state index in [-0.39, 0.29) is 10.8 Å². The van der Waals surface area contributed by atoms with Gasteiger partial charge in [-0.15, -0.1) is 0 Å². The van der Waals surface area contributed by atoms with E-state index in [1.807, 2.05) is 0 Å². The number of hydrogen-bond acceptors (Lipinski definition) is 2. The Hall–Kier alpha value is -9.24. The quantitative estimate of drug-likeness (QED) is 0.133. The first-order chi connectivity index (χ1) is 37.2. The maximum absolute atomic E-state index is 2.40. The van der Waals surface area contributed by atoms with E-state index in [1.54, 1.807) is 0 Å². The molecule has 0 heterocycles. The van der Waals surface area contributed by atoms with Gasteiger partial charge in [0.1, 0.15) is 0 Å². The van der Waals surface area contributed by atoms with Crippen molar-refractivity contribution in [1.29, 1.82) is 0 Å². The number of anilines is 6. The van der Waals surface area contributed by atoms with E-state index in [0.717, 1.165) is 34.1 Å². The lowest BCUT2D eigenvalue weighted by Crippen LogP contribution is -2.14. The molecule has 0 unspecified atom stereocenters. The van der Waals surface area contributed by atoms with E-state index in [0.29, 0.717) is 0 Å². The molecule has 0 N–H and O–H groups in total. The minimum Gasteiger partial charge on any atom is -0.311 e. The fraction of sp³-hybridized carbons (Fsp3) is 0.0811. The van der Waals surface area contributed by atoms with Crippen LogP contribution in [0.25, 0.3) is 87.2 Å². The van der Waals surface area contributed by atoms with Crippen LogP contribution in [0.5, 0.6) is 0 Å².